The molecule has 11 heteroatoms. The Morgan fingerprint density at radius 3 is 2.52 bits per heavy atom. The summed E-state index contributed by atoms with van der Waals surface area (Å²) < 4.78 is 0. The van der Waals surface area contributed by atoms with E-state index in [4.69, 9.17) is 28.3 Å². The maximum absolute atomic E-state index is 13.3. The summed E-state index contributed by atoms with van der Waals surface area (Å²) in [5.74, 6) is -2.90. The molecule has 3 atom stereocenters. The molecule has 1 aromatic carbocycles. The van der Waals surface area contributed by atoms with Crippen LogP contribution in [0.5, 0.6) is 0 Å². The van der Waals surface area contributed by atoms with Gasteiger partial charge in [-0.15, -0.1) is 0 Å². The van der Waals surface area contributed by atoms with Gasteiger partial charge in [0.1, 0.15) is 18.4 Å². The Kier molecular flexibility index (Phi) is 9.67. The summed E-state index contributed by atoms with van der Waals surface area (Å²) in [6.07, 6.45) is 1.12. The number of halogens is 2. The Bertz CT molecular complexity index is 923. The van der Waals surface area contributed by atoms with E-state index >= 15 is 0 Å². The smallest absolute Gasteiger partial charge is 0.303 e. The van der Waals surface area contributed by atoms with E-state index in [9.17, 15) is 24.0 Å². The normalized spacial score (nSPS) is 17.4. The van der Waals surface area contributed by atoms with Crippen molar-refractivity contribution in [2.45, 2.75) is 57.7 Å². The number of carbonyl (C=O) groups excluding carboxylic acids is 4. The minimum absolute atomic E-state index is 0.0453. The minimum atomic E-state index is -1.08. The Labute approximate surface area is 201 Å². The largest absolute Gasteiger partial charge is 0.481 e. The number of aliphatic carboxylic acids is 1. The first kappa shape index (κ1) is 26.6. The molecule has 180 valence electrons. The molecule has 1 heterocycles. The molecule has 0 aliphatic carbocycles. The SMILES string of the molecule is CC(C)[C@H](NC(=O)c1cc(Cl)ccc1Cl)C(=O)N1CCC[C@H]1C(=O)N[C@H](C=O)CCC(=O)O. The van der Waals surface area contributed by atoms with Crippen molar-refractivity contribution in [3.05, 3.63) is 33.8 Å². The fraction of sp³-hybridized carbons (Fsp3) is 0.500. The molecule has 33 heavy (non-hydrogen) atoms. The van der Waals surface area contributed by atoms with E-state index in [2.05, 4.69) is 10.6 Å². The van der Waals surface area contributed by atoms with E-state index in [0.29, 0.717) is 30.7 Å². The van der Waals surface area contributed by atoms with Crippen molar-refractivity contribution < 1.29 is 29.1 Å². The van der Waals surface area contributed by atoms with Crippen LogP contribution in [-0.2, 0) is 19.2 Å². The number of carbonyl (C=O) groups is 5. The lowest BCUT2D eigenvalue weighted by atomic mass is 10.0. The number of benzene rings is 1. The van der Waals surface area contributed by atoms with Gasteiger partial charge < -0.3 is 25.4 Å². The lowest BCUT2D eigenvalue weighted by molar-refractivity contribution is -0.141. The van der Waals surface area contributed by atoms with Crippen LogP contribution >= 0.6 is 23.2 Å². The van der Waals surface area contributed by atoms with E-state index in [0.717, 1.165) is 0 Å². The molecule has 0 radical (unpaired) electrons. The Balaban J connectivity index is 2.13. The quantitative estimate of drug-likeness (QED) is 0.423. The number of carboxylic acids is 1. The van der Waals surface area contributed by atoms with Gasteiger partial charge in [-0.05, 0) is 43.4 Å². The number of nitrogens with zero attached hydrogens (tertiary/aromatic N) is 1. The zero-order valence-corrected chi connectivity index (χ0v) is 19.9. The van der Waals surface area contributed by atoms with Crippen LogP contribution in [0.1, 0.15) is 49.9 Å². The highest BCUT2D eigenvalue weighted by Crippen LogP contribution is 2.23. The van der Waals surface area contributed by atoms with E-state index in [-0.39, 0.29) is 29.3 Å². The molecule has 1 aliphatic heterocycles. The first-order valence-corrected chi connectivity index (χ1v) is 11.3. The van der Waals surface area contributed by atoms with Crippen LogP contribution in [0.2, 0.25) is 10.0 Å². The van der Waals surface area contributed by atoms with Gasteiger partial charge in [-0.1, -0.05) is 37.0 Å². The van der Waals surface area contributed by atoms with Crippen molar-refractivity contribution in [1.82, 2.24) is 15.5 Å². The molecule has 0 bridgehead atoms. The maximum Gasteiger partial charge on any atom is 0.303 e. The molecule has 3 N–H and O–H groups in total. The van der Waals surface area contributed by atoms with Crippen molar-refractivity contribution in [2.75, 3.05) is 6.54 Å². The van der Waals surface area contributed by atoms with Gasteiger partial charge in [0.2, 0.25) is 11.8 Å². The first-order chi connectivity index (χ1) is 15.5. The van der Waals surface area contributed by atoms with Crippen molar-refractivity contribution in [3.63, 3.8) is 0 Å². The molecule has 1 fully saturated rings. The fourth-order valence-electron chi connectivity index (χ4n) is 3.62. The average Bonchev–Trinajstić information content (AvgIpc) is 3.25. The number of likely N-dealkylation sites (tertiary alicyclic amines) is 1. The maximum atomic E-state index is 13.3. The monoisotopic (exact) mass is 499 g/mol. The van der Waals surface area contributed by atoms with Gasteiger partial charge in [0.25, 0.3) is 5.91 Å². The lowest BCUT2D eigenvalue weighted by Crippen LogP contribution is -2.56. The molecule has 0 unspecified atom stereocenters. The van der Waals surface area contributed by atoms with Crippen LogP contribution in [0, 0.1) is 5.92 Å². The number of hydrogen-bond acceptors (Lipinski definition) is 5. The molecule has 0 saturated carbocycles. The molecule has 3 amide bonds. The molecular weight excluding hydrogens is 473 g/mol. The highest BCUT2D eigenvalue weighted by molar-refractivity contribution is 6.35. The summed E-state index contributed by atoms with van der Waals surface area (Å²) >= 11 is 12.1. The molecule has 2 rings (SSSR count). The predicted molar refractivity (Wildman–Crippen MR) is 122 cm³/mol. The summed E-state index contributed by atoms with van der Waals surface area (Å²) in [6, 6.07) is 1.73. The van der Waals surface area contributed by atoms with Crippen molar-refractivity contribution >= 4 is 53.2 Å². The zero-order chi connectivity index (χ0) is 24.7. The molecule has 9 nitrogen and oxygen atoms in total. The van der Waals surface area contributed by atoms with Crippen LogP contribution in [-0.4, -0.2) is 64.7 Å². The standard InChI is InChI=1S/C22H27Cl2N3O6/c1-12(2)19(26-20(31)15-10-13(23)5-7-16(15)24)22(33)27-9-3-4-17(27)21(32)25-14(11-28)6-8-18(29)30/h5,7,10-12,14,17,19H,3-4,6,8-9H2,1-2H3,(H,25,32)(H,26,31)(H,29,30)/t14-,17-,19-/m0/s1. The number of aldehydes is 1. The van der Waals surface area contributed by atoms with Crippen molar-refractivity contribution in [1.29, 1.82) is 0 Å². The highest BCUT2D eigenvalue weighted by Gasteiger charge is 2.39. The van der Waals surface area contributed by atoms with Crippen LogP contribution in [0.25, 0.3) is 0 Å². The second-order valence-electron chi connectivity index (χ2n) is 8.19. The first-order valence-electron chi connectivity index (χ1n) is 10.6. The van der Waals surface area contributed by atoms with E-state index in [1.165, 1.54) is 17.0 Å². The second kappa shape index (κ2) is 12.0. The zero-order valence-electron chi connectivity index (χ0n) is 18.3. The topological polar surface area (TPSA) is 133 Å². The fourth-order valence-corrected chi connectivity index (χ4v) is 3.99. The average molecular weight is 500 g/mol. The van der Waals surface area contributed by atoms with Gasteiger partial charge >= 0.3 is 5.97 Å². The third-order valence-electron chi connectivity index (χ3n) is 5.39. The van der Waals surface area contributed by atoms with Gasteiger partial charge in [-0.3, -0.25) is 19.2 Å². The molecule has 1 saturated heterocycles. The number of amides is 3. The number of carboxylic acid groups (broad SMARTS) is 1. The van der Waals surface area contributed by atoms with Gasteiger partial charge in [-0.2, -0.15) is 0 Å². The molecular formula is C22H27Cl2N3O6. The van der Waals surface area contributed by atoms with Gasteiger partial charge in [-0.25, -0.2) is 0 Å². The van der Waals surface area contributed by atoms with E-state index in [1.54, 1.807) is 19.9 Å². The van der Waals surface area contributed by atoms with Crippen LogP contribution in [0.3, 0.4) is 0 Å². The third kappa shape index (κ3) is 7.17. The highest BCUT2D eigenvalue weighted by atomic mass is 35.5. The summed E-state index contributed by atoms with van der Waals surface area (Å²) in [6.45, 7) is 3.85. The Morgan fingerprint density at radius 1 is 1.21 bits per heavy atom. The van der Waals surface area contributed by atoms with Crippen LogP contribution in [0.4, 0.5) is 0 Å². The molecule has 1 aliphatic rings. The number of hydrogen-bond donors (Lipinski definition) is 3. The second-order valence-corrected chi connectivity index (χ2v) is 9.04. The number of nitrogens with one attached hydrogen (secondary N) is 2. The Hall–Kier alpha value is -2.65. The summed E-state index contributed by atoms with van der Waals surface area (Å²) in [5, 5.41) is 14.5. The minimum Gasteiger partial charge on any atom is -0.481 e. The van der Waals surface area contributed by atoms with Crippen LogP contribution in [0.15, 0.2) is 18.2 Å². The third-order valence-corrected chi connectivity index (χ3v) is 5.96. The Morgan fingerprint density at radius 2 is 1.91 bits per heavy atom. The summed E-state index contributed by atoms with van der Waals surface area (Å²) in [5.41, 5.74) is 0.130. The molecule has 0 spiro atoms. The van der Waals surface area contributed by atoms with Gasteiger partial charge in [0.05, 0.1) is 16.6 Å². The lowest BCUT2D eigenvalue weighted by Gasteiger charge is -2.31. The molecule has 0 aromatic heterocycles. The van der Waals surface area contributed by atoms with Crippen LogP contribution < -0.4 is 10.6 Å². The predicted octanol–water partition coefficient (Wildman–Crippen LogP) is 2.29. The van der Waals surface area contributed by atoms with Gasteiger partial charge in [0, 0.05) is 18.0 Å². The summed E-state index contributed by atoms with van der Waals surface area (Å²) in [4.78, 5) is 62.2. The molecule has 1 aromatic rings. The summed E-state index contributed by atoms with van der Waals surface area (Å²) in [7, 11) is 0. The van der Waals surface area contributed by atoms with Crippen molar-refractivity contribution in [3.8, 4) is 0 Å². The van der Waals surface area contributed by atoms with E-state index < -0.39 is 41.8 Å². The number of rotatable bonds is 10. The van der Waals surface area contributed by atoms with Crippen molar-refractivity contribution in [2.24, 2.45) is 5.92 Å². The van der Waals surface area contributed by atoms with Gasteiger partial charge in [0.15, 0.2) is 0 Å². The van der Waals surface area contributed by atoms with E-state index in [1.807, 2.05) is 0 Å².